The maximum atomic E-state index is 6.09. The fourth-order valence-electron chi connectivity index (χ4n) is 1.46. The zero-order valence-electron chi connectivity index (χ0n) is 9.79. The summed E-state index contributed by atoms with van der Waals surface area (Å²) in [6.07, 6.45) is 6.83. The molecule has 4 heteroatoms. The summed E-state index contributed by atoms with van der Waals surface area (Å²) in [4.78, 5) is 4.14. The van der Waals surface area contributed by atoms with Crippen LogP contribution in [0.1, 0.15) is 24.8 Å². The average Bonchev–Trinajstić information content (AvgIpc) is 3.14. The van der Waals surface area contributed by atoms with Gasteiger partial charge in [-0.1, -0.05) is 17.7 Å². The predicted octanol–water partition coefficient (Wildman–Crippen LogP) is 2.94. The summed E-state index contributed by atoms with van der Waals surface area (Å²) in [6, 6.07) is 2.57. The third-order valence-corrected chi connectivity index (χ3v) is 2.98. The van der Waals surface area contributed by atoms with E-state index < -0.39 is 0 Å². The minimum atomic E-state index is 0.605. The number of nitrogens with zero attached hydrogens (tertiary/aromatic N) is 1. The Hall–Kier alpha value is -1.06. The van der Waals surface area contributed by atoms with E-state index >= 15 is 0 Å². The molecule has 0 bridgehead atoms. The van der Waals surface area contributed by atoms with E-state index in [4.69, 9.17) is 16.3 Å². The van der Waals surface area contributed by atoms with Crippen molar-refractivity contribution in [1.82, 2.24) is 10.3 Å². The number of halogens is 1. The molecule has 0 spiro atoms. The summed E-state index contributed by atoms with van der Waals surface area (Å²) < 4.78 is 5.50. The molecule has 17 heavy (non-hydrogen) atoms. The first-order valence-corrected chi connectivity index (χ1v) is 6.29. The molecular weight excluding hydrogens is 236 g/mol. The molecule has 3 nitrogen and oxygen atoms in total. The van der Waals surface area contributed by atoms with Gasteiger partial charge in [0.1, 0.15) is 0 Å². The average molecular weight is 253 g/mol. The lowest BCUT2D eigenvalue weighted by molar-refractivity contribution is 0.312. The second kappa shape index (κ2) is 6.03. The Morgan fingerprint density at radius 3 is 3.12 bits per heavy atom. The molecule has 1 N–H and O–H groups in total. The molecule has 1 aliphatic carbocycles. The second-order valence-electron chi connectivity index (χ2n) is 4.19. The SMILES string of the molecule is C=CCCOc1cc(CNC2CC2)c(Cl)cn1. The number of ether oxygens (including phenoxy) is 1. The van der Waals surface area contributed by atoms with Crippen LogP contribution in [0.25, 0.3) is 0 Å². The topological polar surface area (TPSA) is 34.1 Å². The van der Waals surface area contributed by atoms with Crippen molar-refractivity contribution in [3.05, 3.63) is 35.5 Å². The number of hydrogen-bond acceptors (Lipinski definition) is 3. The van der Waals surface area contributed by atoms with Gasteiger partial charge in [0, 0.05) is 24.8 Å². The minimum absolute atomic E-state index is 0.605. The number of nitrogens with one attached hydrogen (secondary N) is 1. The van der Waals surface area contributed by atoms with Gasteiger partial charge >= 0.3 is 0 Å². The van der Waals surface area contributed by atoms with Crippen LogP contribution in [0, 0.1) is 0 Å². The molecule has 1 aromatic heterocycles. The maximum Gasteiger partial charge on any atom is 0.213 e. The van der Waals surface area contributed by atoms with Crippen LogP contribution in [0.15, 0.2) is 24.9 Å². The van der Waals surface area contributed by atoms with Crippen molar-refractivity contribution < 1.29 is 4.74 Å². The van der Waals surface area contributed by atoms with Crippen LogP contribution >= 0.6 is 11.6 Å². The number of rotatable bonds is 7. The molecule has 1 saturated carbocycles. The summed E-state index contributed by atoms with van der Waals surface area (Å²) in [5.41, 5.74) is 1.04. The largest absolute Gasteiger partial charge is 0.477 e. The van der Waals surface area contributed by atoms with E-state index in [1.165, 1.54) is 12.8 Å². The predicted molar refractivity (Wildman–Crippen MR) is 69.4 cm³/mol. The first kappa shape index (κ1) is 12.4. The molecule has 1 aromatic rings. The highest BCUT2D eigenvalue weighted by atomic mass is 35.5. The highest BCUT2D eigenvalue weighted by Crippen LogP contribution is 2.23. The van der Waals surface area contributed by atoms with Gasteiger partial charge in [0.2, 0.25) is 5.88 Å². The number of aromatic nitrogens is 1. The lowest BCUT2D eigenvalue weighted by Gasteiger charge is -2.08. The van der Waals surface area contributed by atoms with Gasteiger partial charge in [-0.25, -0.2) is 4.98 Å². The van der Waals surface area contributed by atoms with Crippen molar-refractivity contribution >= 4 is 11.6 Å². The fourth-order valence-corrected chi connectivity index (χ4v) is 1.63. The first-order chi connectivity index (χ1) is 8.29. The molecular formula is C13H17ClN2O. The monoisotopic (exact) mass is 252 g/mol. The molecule has 2 rings (SSSR count). The van der Waals surface area contributed by atoms with Gasteiger partial charge in [0.15, 0.2) is 0 Å². The van der Waals surface area contributed by atoms with Crippen LogP contribution in [0.2, 0.25) is 5.02 Å². The van der Waals surface area contributed by atoms with Crippen LogP contribution in [0.3, 0.4) is 0 Å². The zero-order chi connectivity index (χ0) is 12.1. The van der Waals surface area contributed by atoms with E-state index in [2.05, 4.69) is 16.9 Å². The van der Waals surface area contributed by atoms with Crippen molar-refractivity contribution in [2.45, 2.75) is 31.8 Å². The van der Waals surface area contributed by atoms with Gasteiger partial charge in [-0.3, -0.25) is 0 Å². The van der Waals surface area contributed by atoms with E-state index in [1.807, 2.05) is 12.1 Å². The van der Waals surface area contributed by atoms with Crippen molar-refractivity contribution in [2.24, 2.45) is 0 Å². The Kier molecular flexibility index (Phi) is 4.40. The Labute approximate surface area is 107 Å². The highest BCUT2D eigenvalue weighted by molar-refractivity contribution is 6.31. The zero-order valence-corrected chi connectivity index (χ0v) is 10.5. The number of hydrogen-bond donors (Lipinski definition) is 1. The Bertz CT molecular complexity index is 391. The van der Waals surface area contributed by atoms with Crippen LogP contribution in [-0.2, 0) is 6.54 Å². The summed E-state index contributed by atoms with van der Waals surface area (Å²) in [5, 5.41) is 4.11. The molecule has 1 fully saturated rings. The Morgan fingerprint density at radius 1 is 1.59 bits per heavy atom. The summed E-state index contributed by atoms with van der Waals surface area (Å²) >= 11 is 6.09. The molecule has 92 valence electrons. The highest BCUT2D eigenvalue weighted by Gasteiger charge is 2.20. The Balaban J connectivity index is 1.92. The molecule has 0 unspecified atom stereocenters. The van der Waals surface area contributed by atoms with Crippen molar-refractivity contribution in [3.8, 4) is 5.88 Å². The van der Waals surface area contributed by atoms with Crippen LogP contribution < -0.4 is 10.1 Å². The standard InChI is InChI=1S/C13H17ClN2O/c1-2-3-6-17-13-7-10(12(14)9-16-13)8-15-11-4-5-11/h2,7,9,11,15H,1,3-6,8H2. The van der Waals surface area contributed by atoms with Crippen molar-refractivity contribution in [3.63, 3.8) is 0 Å². The molecule has 0 saturated heterocycles. The maximum absolute atomic E-state index is 6.09. The number of pyridine rings is 1. The first-order valence-electron chi connectivity index (χ1n) is 5.91. The van der Waals surface area contributed by atoms with Gasteiger partial charge in [-0.15, -0.1) is 6.58 Å². The molecule has 0 aliphatic heterocycles. The summed E-state index contributed by atoms with van der Waals surface area (Å²) in [7, 11) is 0. The summed E-state index contributed by atoms with van der Waals surface area (Å²) in [6.45, 7) is 5.03. The lowest BCUT2D eigenvalue weighted by Crippen LogP contribution is -2.15. The van der Waals surface area contributed by atoms with Crippen molar-refractivity contribution in [1.29, 1.82) is 0 Å². The lowest BCUT2D eigenvalue weighted by atomic mass is 10.2. The third-order valence-electron chi connectivity index (χ3n) is 2.64. The smallest absolute Gasteiger partial charge is 0.213 e. The second-order valence-corrected chi connectivity index (χ2v) is 4.60. The van der Waals surface area contributed by atoms with Gasteiger partial charge in [-0.05, 0) is 24.8 Å². The molecule has 1 heterocycles. The normalized spacial score (nSPS) is 14.6. The van der Waals surface area contributed by atoms with E-state index in [0.29, 0.717) is 23.6 Å². The quantitative estimate of drug-likeness (QED) is 0.599. The summed E-state index contributed by atoms with van der Waals surface area (Å²) in [5.74, 6) is 0.629. The van der Waals surface area contributed by atoms with Crippen LogP contribution in [0.5, 0.6) is 5.88 Å². The van der Waals surface area contributed by atoms with Crippen LogP contribution in [0.4, 0.5) is 0 Å². The third kappa shape index (κ3) is 4.02. The molecule has 1 aliphatic rings. The molecule has 0 amide bonds. The molecule has 0 radical (unpaired) electrons. The van der Waals surface area contributed by atoms with E-state index in [0.717, 1.165) is 18.5 Å². The van der Waals surface area contributed by atoms with Crippen LogP contribution in [-0.4, -0.2) is 17.6 Å². The van der Waals surface area contributed by atoms with E-state index in [9.17, 15) is 0 Å². The fraction of sp³-hybridized carbons (Fsp3) is 0.462. The van der Waals surface area contributed by atoms with Crippen molar-refractivity contribution in [2.75, 3.05) is 6.61 Å². The Morgan fingerprint density at radius 2 is 2.41 bits per heavy atom. The van der Waals surface area contributed by atoms with Gasteiger partial charge in [-0.2, -0.15) is 0 Å². The van der Waals surface area contributed by atoms with Gasteiger partial charge < -0.3 is 10.1 Å². The van der Waals surface area contributed by atoms with Gasteiger partial charge in [0.25, 0.3) is 0 Å². The van der Waals surface area contributed by atoms with E-state index in [1.54, 1.807) is 6.20 Å². The molecule has 0 aromatic carbocycles. The van der Waals surface area contributed by atoms with Gasteiger partial charge in [0.05, 0.1) is 11.6 Å². The van der Waals surface area contributed by atoms with E-state index in [-0.39, 0.29) is 0 Å². The molecule has 0 atom stereocenters. The minimum Gasteiger partial charge on any atom is -0.477 e.